The van der Waals surface area contributed by atoms with Crippen LogP contribution in [-0.2, 0) is 21.3 Å². The van der Waals surface area contributed by atoms with Gasteiger partial charge in [0.15, 0.2) is 0 Å². The SMILES string of the molecule is Cc1ccc(S(=O)(=O)N2C[C@@H]3[C@H]([C@@H]2Cc2c[nH]c4ccccc24)N(C)OC32CC2)cc1. The maximum Gasteiger partial charge on any atom is 0.243 e. The quantitative estimate of drug-likeness (QED) is 0.679. The van der Waals surface area contributed by atoms with E-state index in [9.17, 15) is 8.42 Å². The van der Waals surface area contributed by atoms with Gasteiger partial charge >= 0.3 is 0 Å². The zero-order valence-electron chi connectivity index (χ0n) is 17.8. The summed E-state index contributed by atoms with van der Waals surface area (Å²) in [7, 11) is -1.64. The Labute approximate surface area is 182 Å². The molecular weight excluding hydrogens is 410 g/mol. The van der Waals surface area contributed by atoms with Crippen molar-refractivity contribution in [1.29, 1.82) is 0 Å². The molecule has 1 N–H and O–H groups in total. The second-order valence-electron chi connectivity index (χ2n) is 9.32. The van der Waals surface area contributed by atoms with E-state index in [1.165, 1.54) is 0 Å². The van der Waals surface area contributed by atoms with Crippen molar-refractivity contribution in [1.82, 2.24) is 14.4 Å². The third-order valence-electron chi connectivity index (χ3n) is 7.45. The molecule has 0 bridgehead atoms. The van der Waals surface area contributed by atoms with Crippen molar-refractivity contribution in [3.05, 3.63) is 65.9 Å². The van der Waals surface area contributed by atoms with Gasteiger partial charge in [-0.05, 0) is 49.9 Å². The first-order valence-electron chi connectivity index (χ1n) is 10.9. The molecule has 3 aromatic rings. The smallest absolute Gasteiger partial charge is 0.243 e. The highest BCUT2D eigenvalue weighted by atomic mass is 32.2. The molecular formula is C24H27N3O3S. The van der Waals surface area contributed by atoms with Gasteiger partial charge in [-0.3, -0.25) is 4.84 Å². The van der Waals surface area contributed by atoms with E-state index in [0.29, 0.717) is 17.9 Å². The van der Waals surface area contributed by atoms with Crippen molar-refractivity contribution in [2.45, 2.75) is 48.8 Å². The number of aromatic nitrogens is 1. The Kier molecular flexibility index (Phi) is 4.18. The van der Waals surface area contributed by atoms with Crippen LogP contribution in [0, 0.1) is 12.8 Å². The van der Waals surface area contributed by atoms with Gasteiger partial charge in [-0.2, -0.15) is 9.37 Å². The van der Waals surface area contributed by atoms with Crippen LogP contribution in [0.15, 0.2) is 59.6 Å². The minimum Gasteiger partial charge on any atom is -0.361 e. The highest BCUT2D eigenvalue weighted by molar-refractivity contribution is 7.89. The molecule has 0 radical (unpaired) electrons. The number of sulfonamides is 1. The van der Waals surface area contributed by atoms with Crippen LogP contribution in [0.2, 0.25) is 0 Å². The molecule has 3 aliphatic rings. The minimum atomic E-state index is -3.61. The van der Waals surface area contributed by atoms with E-state index in [-0.39, 0.29) is 23.6 Å². The molecule has 3 atom stereocenters. The summed E-state index contributed by atoms with van der Waals surface area (Å²) in [4.78, 5) is 9.96. The van der Waals surface area contributed by atoms with Gasteiger partial charge in [0.1, 0.15) is 0 Å². The number of aryl methyl sites for hydroxylation is 1. The van der Waals surface area contributed by atoms with Crippen molar-refractivity contribution < 1.29 is 13.3 Å². The Morgan fingerprint density at radius 1 is 1.13 bits per heavy atom. The summed E-state index contributed by atoms with van der Waals surface area (Å²) in [6.45, 7) is 2.48. The highest BCUT2D eigenvalue weighted by Gasteiger charge is 2.67. The number of nitrogens with zero attached hydrogens (tertiary/aromatic N) is 2. The number of benzene rings is 2. The first-order chi connectivity index (χ1) is 14.9. The molecule has 3 fully saturated rings. The highest BCUT2D eigenvalue weighted by Crippen LogP contribution is 2.57. The predicted molar refractivity (Wildman–Crippen MR) is 119 cm³/mol. The summed E-state index contributed by atoms with van der Waals surface area (Å²) in [5.41, 5.74) is 3.11. The zero-order valence-corrected chi connectivity index (χ0v) is 18.6. The van der Waals surface area contributed by atoms with Crippen molar-refractivity contribution in [3.8, 4) is 0 Å². The fourth-order valence-electron chi connectivity index (χ4n) is 5.72. The molecule has 162 valence electrons. The maximum absolute atomic E-state index is 13.8. The first kappa shape index (κ1) is 19.5. The van der Waals surface area contributed by atoms with E-state index in [1.54, 1.807) is 16.4 Å². The van der Waals surface area contributed by atoms with Crippen molar-refractivity contribution in [2.75, 3.05) is 13.6 Å². The topological polar surface area (TPSA) is 65.6 Å². The summed E-state index contributed by atoms with van der Waals surface area (Å²) in [6, 6.07) is 15.3. The van der Waals surface area contributed by atoms with E-state index in [0.717, 1.165) is 34.9 Å². The molecule has 1 aromatic heterocycles. The Morgan fingerprint density at radius 3 is 2.61 bits per heavy atom. The van der Waals surface area contributed by atoms with Crippen LogP contribution in [0.4, 0.5) is 0 Å². The van der Waals surface area contributed by atoms with Crippen molar-refractivity contribution in [2.24, 2.45) is 5.92 Å². The van der Waals surface area contributed by atoms with E-state index >= 15 is 0 Å². The number of hydrogen-bond acceptors (Lipinski definition) is 4. The van der Waals surface area contributed by atoms with Crippen LogP contribution in [0.25, 0.3) is 10.9 Å². The zero-order chi connectivity index (χ0) is 21.4. The number of hydroxylamine groups is 2. The van der Waals surface area contributed by atoms with E-state index < -0.39 is 10.0 Å². The molecule has 1 saturated carbocycles. The molecule has 1 aliphatic carbocycles. The number of rotatable bonds is 4. The summed E-state index contributed by atoms with van der Waals surface area (Å²) >= 11 is 0. The summed E-state index contributed by atoms with van der Waals surface area (Å²) in [5.74, 6) is 0.202. The lowest BCUT2D eigenvalue weighted by atomic mass is 9.90. The lowest BCUT2D eigenvalue weighted by Crippen LogP contribution is -2.45. The van der Waals surface area contributed by atoms with Crippen LogP contribution in [-0.4, -0.2) is 54.0 Å². The van der Waals surface area contributed by atoms with Gasteiger partial charge in [0.2, 0.25) is 10.0 Å². The van der Waals surface area contributed by atoms with Gasteiger partial charge in [0.05, 0.1) is 16.5 Å². The van der Waals surface area contributed by atoms with Gasteiger partial charge in [-0.1, -0.05) is 35.9 Å². The van der Waals surface area contributed by atoms with E-state index in [1.807, 2.05) is 49.5 Å². The Bertz CT molecular complexity index is 1250. The van der Waals surface area contributed by atoms with Crippen molar-refractivity contribution in [3.63, 3.8) is 0 Å². The molecule has 6 nitrogen and oxygen atoms in total. The van der Waals surface area contributed by atoms with Crippen LogP contribution in [0.3, 0.4) is 0 Å². The Hall–Kier alpha value is -2.19. The van der Waals surface area contributed by atoms with E-state index in [4.69, 9.17) is 4.84 Å². The maximum atomic E-state index is 13.8. The number of hydrogen-bond donors (Lipinski definition) is 1. The Morgan fingerprint density at radius 2 is 1.87 bits per heavy atom. The van der Waals surface area contributed by atoms with Gasteiger partial charge in [-0.25, -0.2) is 8.42 Å². The second kappa shape index (κ2) is 6.65. The predicted octanol–water partition coefficient (Wildman–Crippen LogP) is 3.49. The van der Waals surface area contributed by atoms with Crippen molar-refractivity contribution >= 4 is 20.9 Å². The molecule has 3 heterocycles. The average Bonchev–Trinajstić information content (AvgIpc) is 3.14. The van der Waals surface area contributed by atoms with Gasteiger partial charge < -0.3 is 4.98 Å². The summed E-state index contributed by atoms with van der Waals surface area (Å²) in [6.07, 6.45) is 4.70. The number of H-pyrrole nitrogens is 1. The molecule has 1 spiro atoms. The van der Waals surface area contributed by atoms with Gasteiger partial charge in [0.25, 0.3) is 0 Å². The molecule has 7 heteroatoms. The standard InChI is InChI=1S/C24H27N3O3S/c1-16-7-9-18(10-8-16)31(28,29)27-15-20-23(26(2)30-24(20)11-12-24)22(27)13-17-14-25-21-6-4-3-5-19(17)21/h3-10,14,20,22-23,25H,11-13,15H2,1-2H3/t20-,22+,23-/m1/s1. The van der Waals surface area contributed by atoms with Crippen LogP contribution < -0.4 is 0 Å². The molecule has 0 unspecified atom stereocenters. The van der Waals surface area contributed by atoms with Gasteiger partial charge in [0, 0.05) is 42.7 Å². The molecule has 31 heavy (non-hydrogen) atoms. The minimum absolute atomic E-state index is 0.0522. The first-order valence-corrected chi connectivity index (χ1v) is 12.4. The second-order valence-corrected chi connectivity index (χ2v) is 11.2. The molecule has 2 aliphatic heterocycles. The number of para-hydroxylation sites is 1. The number of aromatic amines is 1. The fourth-order valence-corrected chi connectivity index (χ4v) is 7.38. The van der Waals surface area contributed by atoms with Crippen LogP contribution >= 0.6 is 0 Å². The van der Waals surface area contributed by atoms with Gasteiger partial charge in [-0.15, -0.1) is 0 Å². The normalized spacial score (nSPS) is 27.9. The molecule has 2 saturated heterocycles. The van der Waals surface area contributed by atoms with Crippen LogP contribution in [0.5, 0.6) is 0 Å². The largest absolute Gasteiger partial charge is 0.361 e. The Balaban J connectivity index is 1.42. The summed E-state index contributed by atoms with van der Waals surface area (Å²) in [5, 5.41) is 3.10. The number of nitrogens with one attached hydrogen (secondary N) is 1. The van der Waals surface area contributed by atoms with Crippen LogP contribution in [0.1, 0.15) is 24.0 Å². The molecule has 0 amide bonds. The summed E-state index contributed by atoms with van der Waals surface area (Å²) < 4.78 is 29.3. The third kappa shape index (κ3) is 2.91. The monoisotopic (exact) mass is 437 g/mol. The average molecular weight is 438 g/mol. The number of fused-ring (bicyclic) bond motifs is 3. The lowest BCUT2D eigenvalue weighted by molar-refractivity contribution is -0.163. The van der Waals surface area contributed by atoms with E-state index in [2.05, 4.69) is 17.1 Å². The number of likely N-dealkylation sites (N-methyl/N-ethyl adjacent to an activating group) is 1. The fraction of sp³-hybridized carbons (Fsp3) is 0.417. The lowest BCUT2D eigenvalue weighted by Gasteiger charge is -2.30. The molecule has 2 aromatic carbocycles. The third-order valence-corrected chi connectivity index (χ3v) is 9.35. The molecule has 6 rings (SSSR count).